The molecule has 2 heterocycles. The molecule has 0 spiro atoms. The number of ether oxygens (including phenoxy) is 1. The number of fused-ring (bicyclic) bond motifs is 1. The summed E-state index contributed by atoms with van der Waals surface area (Å²) in [6.45, 7) is 6.99. The van der Waals surface area contributed by atoms with Gasteiger partial charge in [-0.2, -0.15) is 0 Å². The molecule has 3 fully saturated rings. The molecular formula is C35H39N3O7S. The zero-order valence-corrected chi connectivity index (χ0v) is 26.8. The molecule has 3 aromatic rings. The van der Waals surface area contributed by atoms with Gasteiger partial charge in [-0.05, 0) is 49.6 Å². The van der Waals surface area contributed by atoms with E-state index in [1.54, 1.807) is 13.0 Å². The lowest BCUT2D eigenvalue weighted by molar-refractivity contribution is -0.143. The number of carbonyl (C=O) groups excluding carboxylic acids is 3. The summed E-state index contributed by atoms with van der Waals surface area (Å²) in [4.78, 5) is 47.3. The van der Waals surface area contributed by atoms with E-state index >= 15 is 0 Å². The molecule has 1 saturated heterocycles. The Morgan fingerprint density at radius 1 is 1.13 bits per heavy atom. The average Bonchev–Trinajstić information content (AvgIpc) is 3.97. The van der Waals surface area contributed by atoms with Crippen LogP contribution in [0, 0.1) is 17.3 Å². The van der Waals surface area contributed by atoms with Gasteiger partial charge in [-0.25, -0.2) is 13.4 Å². The zero-order valence-electron chi connectivity index (χ0n) is 26.0. The highest BCUT2D eigenvalue weighted by atomic mass is 32.2. The van der Waals surface area contributed by atoms with Crippen molar-refractivity contribution < 1.29 is 32.6 Å². The molecule has 1 aliphatic heterocycles. The normalized spacial score (nSPS) is 25.5. The summed E-state index contributed by atoms with van der Waals surface area (Å²) in [5.41, 5.74) is 0.383. The van der Waals surface area contributed by atoms with Gasteiger partial charge in [-0.1, -0.05) is 61.5 Å². The van der Waals surface area contributed by atoms with E-state index in [0.29, 0.717) is 30.8 Å². The summed E-state index contributed by atoms with van der Waals surface area (Å²) < 4.78 is 33.9. The van der Waals surface area contributed by atoms with Gasteiger partial charge in [-0.3, -0.25) is 19.1 Å². The van der Waals surface area contributed by atoms with Gasteiger partial charge in [-0.15, -0.1) is 6.58 Å². The first-order valence-corrected chi connectivity index (χ1v) is 17.3. The van der Waals surface area contributed by atoms with Crippen molar-refractivity contribution in [1.82, 2.24) is 14.6 Å². The Bertz CT molecular complexity index is 1790. The quantitative estimate of drug-likeness (QED) is 0.281. The van der Waals surface area contributed by atoms with Gasteiger partial charge in [0.15, 0.2) is 5.78 Å². The number of likely N-dealkylation sites (tertiary alicyclic amines) is 1. The Morgan fingerprint density at radius 3 is 2.48 bits per heavy atom. The number of pyridine rings is 1. The maximum absolute atomic E-state index is 14.0. The molecule has 2 aliphatic carbocycles. The number of aliphatic hydroxyl groups is 1. The van der Waals surface area contributed by atoms with Gasteiger partial charge in [0.25, 0.3) is 0 Å². The Morgan fingerprint density at radius 2 is 1.83 bits per heavy atom. The third-order valence-electron chi connectivity index (χ3n) is 9.64. The van der Waals surface area contributed by atoms with Crippen LogP contribution in [0.2, 0.25) is 0 Å². The van der Waals surface area contributed by atoms with Crippen LogP contribution in [-0.2, 0) is 24.4 Å². The highest BCUT2D eigenvalue weighted by Crippen LogP contribution is 2.57. The van der Waals surface area contributed by atoms with E-state index in [4.69, 9.17) is 9.72 Å². The summed E-state index contributed by atoms with van der Waals surface area (Å²) in [6, 6.07) is 18.4. The van der Waals surface area contributed by atoms with E-state index < -0.39 is 56.7 Å². The minimum absolute atomic E-state index is 0.0814. The van der Waals surface area contributed by atoms with Crippen molar-refractivity contribution in [3.63, 3.8) is 0 Å². The highest BCUT2D eigenvalue weighted by molar-refractivity contribution is 7.90. The number of ketones is 1. The topological polar surface area (TPSA) is 143 Å². The van der Waals surface area contributed by atoms with Crippen molar-refractivity contribution >= 4 is 38.4 Å². The van der Waals surface area contributed by atoms with Crippen molar-refractivity contribution in [3.05, 3.63) is 73.3 Å². The molecule has 2 N–H and O–H groups in total. The van der Waals surface area contributed by atoms with Crippen LogP contribution in [-0.4, -0.2) is 71.1 Å². The van der Waals surface area contributed by atoms with Crippen molar-refractivity contribution in [2.24, 2.45) is 17.3 Å². The number of allylic oxidation sites excluding steroid dienone is 1. The second-order valence-corrected chi connectivity index (χ2v) is 14.9. The summed E-state index contributed by atoms with van der Waals surface area (Å²) in [7, 11) is -3.81. The zero-order chi connectivity index (χ0) is 32.8. The minimum Gasteiger partial charge on any atom is -0.472 e. The second kappa shape index (κ2) is 12.3. The minimum atomic E-state index is -3.81. The van der Waals surface area contributed by atoms with Crippen molar-refractivity contribution in [2.45, 2.75) is 69.5 Å². The Labute approximate surface area is 268 Å². The summed E-state index contributed by atoms with van der Waals surface area (Å²) in [5.74, 6) is -2.24. The third-order valence-corrected chi connectivity index (χ3v) is 11.5. The first kappa shape index (κ1) is 31.9. The number of nitrogens with one attached hydrogen (secondary N) is 1. The molecule has 2 saturated carbocycles. The van der Waals surface area contributed by atoms with E-state index in [9.17, 15) is 27.9 Å². The highest BCUT2D eigenvalue weighted by Gasteiger charge is 2.61. The number of amides is 2. The van der Waals surface area contributed by atoms with Gasteiger partial charge in [0.2, 0.25) is 27.7 Å². The van der Waals surface area contributed by atoms with Gasteiger partial charge >= 0.3 is 0 Å². The molecule has 0 bridgehead atoms. The molecular weight excluding hydrogens is 606 g/mol. The molecule has 242 valence electrons. The number of aromatic nitrogens is 1. The van der Waals surface area contributed by atoms with Crippen molar-refractivity contribution in [1.29, 1.82) is 0 Å². The van der Waals surface area contributed by atoms with Gasteiger partial charge in [0.1, 0.15) is 6.10 Å². The Kier molecular flexibility index (Phi) is 8.49. The van der Waals surface area contributed by atoms with Crippen LogP contribution < -0.4 is 9.46 Å². The number of nitrogens with zero attached hydrogens (tertiary/aromatic N) is 2. The van der Waals surface area contributed by atoms with E-state index in [1.807, 2.05) is 60.7 Å². The smallest absolute Gasteiger partial charge is 0.240 e. The number of Topliss-reactive ketones (excluding diaryl/α,β-unsaturated/α-hetero) is 1. The van der Waals surface area contributed by atoms with Crippen LogP contribution in [0.4, 0.5) is 0 Å². The molecule has 3 aliphatic rings. The lowest BCUT2D eigenvalue weighted by Crippen LogP contribution is -2.47. The molecule has 1 aromatic heterocycles. The first-order valence-electron chi connectivity index (χ1n) is 15.7. The van der Waals surface area contributed by atoms with Gasteiger partial charge in [0.05, 0.1) is 41.0 Å². The number of aliphatic hydroxyl groups excluding tert-OH is 1. The SMILES string of the molecule is C=C[C@@H]1C[C@]1(CC(=O)[C@@H]1CC(Oc2nc(-c3ccccc3)cc3ccccc23)CN1C(=O)[C@@H](C)[C@H](C)O)C(=O)NS(=O)(=O)C1CC1. The molecule has 6 atom stereocenters. The van der Waals surface area contributed by atoms with Crippen molar-refractivity contribution in [3.8, 4) is 17.1 Å². The summed E-state index contributed by atoms with van der Waals surface area (Å²) >= 11 is 0. The molecule has 0 radical (unpaired) electrons. The molecule has 1 unspecified atom stereocenters. The van der Waals surface area contributed by atoms with Crippen LogP contribution in [0.15, 0.2) is 73.3 Å². The van der Waals surface area contributed by atoms with E-state index in [0.717, 1.165) is 16.3 Å². The molecule has 2 aromatic carbocycles. The molecule has 46 heavy (non-hydrogen) atoms. The summed E-state index contributed by atoms with van der Waals surface area (Å²) in [6.07, 6.45) is 1.22. The predicted octanol–water partition coefficient (Wildman–Crippen LogP) is 4.03. The monoisotopic (exact) mass is 645 g/mol. The lowest BCUT2D eigenvalue weighted by Gasteiger charge is -2.28. The number of hydrogen-bond donors (Lipinski definition) is 2. The standard InChI is InChI=1S/C35H39N3O7S/c1-4-25-18-35(25,34(42)37-46(43,44)27-14-15-27)19-31(40)30-17-26(20-38(30)33(41)21(2)22(3)39)45-32-28-13-9-8-12-24(28)16-29(36-32)23-10-6-5-7-11-23/h4-13,16,21-22,25-27,30,39H,1,14-15,17-20H2,2-3H3,(H,37,42)/t21-,22-,25+,26?,30-,35+/m0/s1. The van der Waals surface area contributed by atoms with Crippen LogP contribution >= 0.6 is 0 Å². The molecule has 11 heteroatoms. The van der Waals surface area contributed by atoms with Crippen LogP contribution in [0.5, 0.6) is 5.88 Å². The molecule has 2 amide bonds. The fraction of sp³-hybridized carbons (Fsp3) is 0.429. The average molecular weight is 646 g/mol. The first-order chi connectivity index (χ1) is 21.9. The van der Waals surface area contributed by atoms with Crippen LogP contribution in [0.25, 0.3) is 22.0 Å². The Hall–Kier alpha value is -4.09. The third kappa shape index (κ3) is 6.18. The number of benzene rings is 2. The number of carbonyl (C=O) groups is 3. The van der Waals surface area contributed by atoms with Gasteiger partial charge < -0.3 is 14.7 Å². The molecule has 6 rings (SSSR count). The number of hydrogen-bond acceptors (Lipinski definition) is 8. The number of rotatable bonds is 12. The fourth-order valence-electron chi connectivity index (χ4n) is 6.38. The van der Waals surface area contributed by atoms with Crippen molar-refractivity contribution in [2.75, 3.05) is 6.54 Å². The van der Waals surface area contributed by atoms with Crippen LogP contribution in [0.3, 0.4) is 0 Å². The van der Waals surface area contributed by atoms with Gasteiger partial charge in [0, 0.05) is 23.8 Å². The largest absolute Gasteiger partial charge is 0.472 e. The van der Waals surface area contributed by atoms with E-state index in [2.05, 4.69) is 11.3 Å². The number of sulfonamides is 1. The Balaban J connectivity index is 1.28. The van der Waals surface area contributed by atoms with E-state index in [-0.39, 0.29) is 31.1 Å². The maximum Gasteiger partial charge on any atom is 0.240 e. The maximum atomic E-state index is 14.0. The second-order valence-electron chi connectivity index (χ2n) is 12.9. The molecule has 10 nitrogen and oxygen atoms in total. The summed E-state index contributed by atoms with van der Waals surface area (Å²) in [5, 5.41) is 11.4. The van der Waals surface area contributed by atoms with Crippen LogP contribution in [0.1, 0.15) is 46.0 Å². The fourth-order valence-corrected chi connectivity index (χ4v) is 7.76. The van der Waals surface area contributed by atoms with E-state index in [1.165, 1.54) is 11.8 Å². The predicted molar refractivity (Wildman–Crippen MR) is 173 cm³/mol. The lowest BCUT2D eigenvalue weighted by atomic mass is 9.91.